The highest BCUT2D eigenvalue weighted by Crippen LogP contribution is 2.53. The van der Waals surface area contributed by atoms with Crippen LogP contribution in [0.25, 0.3) is 0 Å². The van der Waals surface area contributed by atoms with Crippen LogP contribution in [0.2, 0.25) is 0 Å². The summed E-state index contributed by atoms with van der Waals surface area (Å²) in [4.78, 5) is 21.8. The number of hydrogen-bond donors (Lipinski definition) is 0. The monoisotopic (exact) mass is 404 g/mol. The maximum Gasteiger partial charge on any atom is 0.174 e. The van der Waals surface area contributed by atoms with Gasteiger partial charge in [-0.15, -0.1) is 0 Å². The molecule has 0 spiro atoms. The van der Waals surface area contributed by atoms with Gasteiger partial charge >= 0.3 is 0 Å². The lowest BCUT2D eigenvalue weighted by Gasteiger charge is -2.40. The van der Waals surface area contributed by atoms with Crippen molar-refractivity contribution in [2.24, 2.45) is 10.4 Å². The Bertz CT molecular complexity index is 1080. The molecule has 0 saturated heterocycles. The number of rotatable bonds is 2. The van der Waals surface area contributed by atoms with E-state index < -0.39 is 0 Å². The van der Waals surface area contributed by atoms with Crippen LogP contribution in [0.5, 0.6) is 5.75 Å². The smallest absolute Gasteiger partial charge is 0.174 e. The average molecular weight is 405 g/mol. The van der Waals surface area contributed by atoms with E-state index in [2.05, 4.69) is 56.0 Å². The molecule has 0 saturated carbocycles. The fourth-order valence-corrected chi connectivity index (χ4v) is 5.71. The number of hydrogen-bond acceptors (Lipinski definition) is 5. The van der Waals surface area contributed by atoms with E-state index in [-0.39, 0.29) is 17.2 Å². The number of aryl methyl sites for hydroxylation is 1. The van der Waals surface area contributed by atoms with Crippen LogP contribution in [0.3, 0.4) is 0 Å². The molecule has 1 atom stereocenters. The van der Waals surface area contributed by atoms with Gasteiger partial charge in [-0.25, -0.2) is 4.99 Å². The van der Waals surface area contributed by atoms with Crippen LogP contribution >= 0.6 is 11.8 Å². The zero-order valence-corrected chi connectivity index (χ0v) is 18.0. The molecule has 148 valence electrons. The number of carbonyl (C=O) groups excluding carboxylic acids is 1. The number of nitrogens with zero attached hydrogens (tertiary/aromatic N) is 2. The molecular weight excluding hydrogens is 380 g/mol. The molecular formula is C24H24N2O2S. The molecule has 5 heteroatoms. The summed E-state index contributed by atoms with van der Waals surface area (Å²) in [5.74, 6) is 1.03. The summed E-state index contributed by atoms with van der Waals surface area (Å²) in [6.45, 7) is 6.42. The van der Waals surface area contributed by atoms with Crippen LogP contribution in [-0.4, -0.2) is 18.1 Å². The first-order valence-corrected chi connectivity index (χ1v) is 10.7. The first-order valence-electron chi connectivity index (χ1n) is 9.93. The van der Waals surface area contributed by atoms with E-state index in [4.69, 9.17) is 9.73 Å². The quantitative estimate of drug-likeness (QED) is 0.647. The van der Waals surface area contributed by atoms with E-state index in [1.54, 1.807) is 18.9 Å². The van der Waals surface area contributed by atoms with Gasteiger partial charge in [0.2, 0.25) is 0 Å². The Morgan fingerprint density at radius 1 is 1.14 bits per heavy atom. The molecule has 0 radical (unpaired) electrons. The number of ether oxygens (including phenoxy) is 1. The van der Waals surface area contributed by atoms with Crippen molar-refractivity contribution in [2.75, 3.05) is 12.0 Å². The third kappa shape index (κ3) is 2.99. The highest BCUT2D eigenvalue weighted by molar-refractivity contribution is 8.14. The Labute approximate surface area is 175 Å². The highest BCUT2D eigenvalue weighted by Gasteiger charge is 2.45. The number of amidine groups is 1. The lowest BCUT2D eigenvalue weighted by Crippen LogP contribution is -2.40. The van der Waals surface area contributed by atoms with E-state index in [9.17, 15) is 4.79 Å². The van der Waals surface area contributed by atoms with E-state index >= 15 is 0 Å². The number of Topliss-reactive ketones (excluding diaryl/α,β-unsaturated/α-hetero) is 1. The molecule has 0 N–H and O–H groups in total. The summed E-state index contributed by atoms with van der Waals surface area (Å²) in [5.41, 5.74) is 5.20. The minimum Gasteiger partial charge on any atom is -0.497 e. The number of thioether (sulfide) groups is 1. The summed E-state index contributed by atoms with van der Waals surface area (Å²) < 4.78 is 5.35. The van der Waals surface area contributed by atoms with Gasteiger partial charge in [0.05, 0.1) is 24.5 Å². The van der Waals surface area contributed by atoms with Crippen molar-refractivity contribution in [1.29, 1.82) is 0 Å². The summed E-state index contributed by atoms with van der Waals surface area (Å²) in [6.07, 6.45) is 1.39. The molecule has 4 nitrogen and oxygen atoms in total. The standard InChI is InChI=1S/C24H24N2O2S/c1-14-5-10-18-20(11-14)29-23-25-17-12-24(2,3)13-19(27)21(17)22(26(18)23)15-6-8-16(28-4)9-7-15/h5-11,22H,12-13H2,1-4H3. The fraction of sp³-hybridized carbons (Fsp3) is 0.333. The Balaban J connectivity index is 1.70. The van der Waals surface area contributed by atoms with Crippen LogP contribution < -0.4 is 9.64 Å². The van der Waals surface area contributed by atoms with Crippen LogP contribution in [0.15, 0.2) is 63.6 Å². The largest absolute Gasteiger partial charge is 0.497 e. The van der Waals surface area contributed by atoms with Crippen LogP contribution in [0, 0.1) is 12.3 Å². The molecule has 3 aliphatic rings. The second kappa shape index (κ2) is 6.49. The molecule has 2 aromatic carbocycles. The van der Waals surface area contributed by atoms with Gasteiger partial charge < -0.3 is 9.64 Å². The van der Waals surface area contributed by atoms with Crippen LogP contribution in [0.4, 0.5) is 5.69 Å². The van der Waals surface area contributed by atoms with Crippen molar-refractivity contribution in [3.8, 4) is 5.75 Å². The third-order valence-electron chi connectivity index (χ3n) is 5.87. The number of fused-ring (bicyclic) bond motifs is 3. The minimum atomic E-state index is -0.150. The predicted molar refractivity (Wildman–Crippen MR) is 118 cm³/mol. The minimum absolute atomic E-state index is 0.0562. The highest BCUT2D eigenvalue weighted by atomic mass is 32.2. The number of carbonyl (C=O) groups is 1. The molecule has 0 bridgehead atoms. The number of methoxy groups -OCH3 is 1. The van der Waals surface area contributed by atoms with E-state index in [1.807, 2.05) is 12.1 Å². The third-order valence-corrected chi connectivity index (χ3v) is 6.89. The maximum absolute atomic E-state index is 13.3. The Kier molecular flexibility index (Phi) is 4.14. The maximum atomic E-state index is 13.3. The van der Waals surface area contributed by atoms with E-state index in [1.165, 1.54) is 10.5 Å². The normalized spacial score (nSPS) is 22.1. The first kappa shape index (κ1) is 18.5. The second-order valence-corrected chi connectivity index (χ2v) is 9.82. The molecule has 0 aromatic heterocycles. The van der Waals surface area contributed by atoms with Crippen molar-refractivity contribution in [3.63, 3.8) is 0 Å². The fourth-order valence-electron chi connectivity index (χ4n) is 4.54. The summed E-state index contributed by atoms with van der Waals surface area (Å²) in [5, 5.41) is 0.968. The van der Waals surface area contributed by atoms with Gasteiger partial charge in [0.1, 0.15) is 5.75 Å². The molecule has 0 amide bonds. The Hall–Kier alpha value is -2.53. The van der Waals surface area contributed by atoms with Gasteiger partial charge in [0, 0.05) is 16.9 Å². The SMILES string of the molecule is COc1ccc(C2C3=C(CC(C)(C)CC3=O)N=C3Sc4cc(C)ccc4N32)cc1. The average Bonchev–Trinajstić information content (AvgIpc) is 3.02. The molecule has 1 unspecified atom stereocenters. The molecule has 5 rings (SSSR count). The number of anilines is 1. The molecule has 2 heterocycles. The summed E-state index contributed by atoms with van der Waals surface area (Å²) in [6, 6.07) is 14.4. The van der Waals surface area contributed by atoms with E-state index in [0.717, 1.165) is 39.9 Å². The zero-order chi connectivity index (χ0) is 20.3. The first-order chi connectivity index (χ1) is 13.9. The summed E-state index contributed by atoms with van der Waals surface area (Å²) >= 11 is 1.70. The predicted octanol–water partition coefficient (Wildman–Crippen LogP) is 5.67. The van der Waals surface area contributed by atoms with Crippen LogP contribution in [0.1, 0.15) is 43.9 Å². The van der Waals surface area contributed by atoms with Gasteiger partial charge in [-0.2, -0.15) is 0 Å². The number of ketones is 1. The van der Waals surface area contributed by atoms with Gasteiger partial charge in [0.25, 0.3) is 0 Å². The molecule has 2 aromatic rings. The van der Waals surface area contributed by atoms with Crippen molar-refractivity contribution in [3.05, 3.63) is 64.9 Å². The topological polar surface area (TPSA) is 41.9 Å². The lowest BCUT2D eigenvalue weighted by molar-refractivity contribution is -0.118. The van der Waals surface area contributed by atoms with E-state index in [0.29, 0.717) is 6.42 Å². The number of allylic oxidation sites excluding steroid dienone is 1. The second-order valence-electron chi connectivity index (χ2n) is 8.81. The Morgan fingerprint density at radius 2 is 1.90 bits per heavy atom. The van der Waals surface area contributed by atoms with Crippen molar-refractivity contribution >= 4 is 28.4 Å². The van der Waals surface area contributed by atoms with Crippen molar-refractivity contribution in [1.82, 2.24) is 0 Å². The zero-order valence-electron chi connectivity index (χ0n) is 17.2. The Morgan fingerprint density at radius 3 is 2.62 bits per heavy atom. The lowest BCUT2D eigenvalue weighted by atomic mass is 9.73. The van der Waals surface area contributed by atoms with Gasteiger partial charge in [0.15, 0.2) is 11.0 Å². The van der Waals surface area contributed by atoms with Gasteiger partial charge in [-0.1, -0.05) is 32.0 Å². The number of aliphatic imine (C=N–C) groups is 1. The van der Waals surface area contributed by atoms with Crippen LogP contribution in [-0.2, 0) is 4.79 Å². The number of benzene rings is 2. The van der Waals surface area contributed by atoms with Gasteiger partial charge in [-0.3, -0.25) is 4.79 Å². The van der Waals surface area contributed by atoms with Crippen molar-refractivity contribution < 1.29 is 9.53 Å². The molecule has 2 aliphatic heterocycles. The summed E-state index contributed by atoms with van der Waals surface area (Å²) in [7, 11) is 1.67. The molecule has 0 fully saturated rings. The van der Waals surface area contributed by atoms with Crippen molar-refractivity contribution in [2.45, 2.75) is 44.6 Å². The molecule has 29 heavy (non-hydrogen) atoms. The molecule has 1 aliphatic carbocycles. The van der Waals surface area contributed by atoms with Gasteiger partial charge in [-0.05, 0) is 65.9 Å².